The van der Waals surface area contributed by atoms with Gasteiger partial charge in [0, 0.05) is 25.5 Å². The highest BCUT2D eigenvalue weighted by Gasteiger charge is 2.30. The maximum absolute atomic E-state index is 12.6. The van der Waals surface area contributed by atoms with Crippen molar-refractivity contribution in [2.45, 2.75) is 32.2 Å². The minimum absolute atomic E-state index is 0.00559. The van der Waals surface area contributed by atoms with E-state index in [0.29, 0.717) is 0 Å². The first-order valence-corrected chi connectivity index (χ1v) is 11.1. The molecule has 2 aromatic rings. The minimum Gasteiger partial charge on any atom is -0.480 e. The highest BCUT2D eigenvalue weighted by atomic mass is 16.5. The van der Waals surface area contributed by atoms with E-state index in [1.807, 2.05) is 50.2 Å². The second kappa shape index (κ2) is 11.0. The van der Waals surface area contributed by atoms with Crippen LogP contribution in [0.25, 0.3) is 11.1 Å². The molecule has 0 aliphatic heterocycles. The number of nitrogens with one attached hydrogen (secondary N) is 2. The van der Waals surface area contributed by atoms with Crippen LogP contribution in [-0.2, 0) is 14.3 Å². The van der Waals surface area contributed by atoms with Crippen LogP contribution in [0.4, 0.5) is 4.79 Å². The van der Waals surface area contributed by atoms with E-state index in [2.05, 4.69) is 22.8 Å². The smallest absolute Gasteiger partial charge is 0.407 e. The Morgan fingerprint density at radius 2 is 1.58 bits per heavy atom. The van der Waals surface area contributed by atoms with Crippen LogP contribution in [-0.4, -0.2) is 54.0 Å². The van der Waals surface area contributed by atoms with E-state index in [9.17, 15) is 19.5 Å². The predicted molar refractivity (Wildman–Crippen MR) is 123 cm³/mol. The van der Waals surface area contributed by atoms with Crippen LogP contribution >= 0.6 is 0 Å². The Morgan fingerprint density at radius 3 is 2.09 bits per heavy atom. The third-order valence-corrected chi connectivity index (χ3v) is 5.98. The van der Waals surface area contributed by atoms with Gasteiger partial charge in [-0.25, -0.2) is 9.59 Å². The Bertz CT molecular complexity index is 960. The van der Waals surface area contributed by atoms with Gasteiger partial charge in [0.15, 0.2) is 0 Å². The van der Waals surface area contributed by atoms with Crippen LogP contribution < -0.4 is 10.6 Å². The van der Waals surface area contributed by atoms with Crippen molar-refractivity contribution in [2.24, 2.45) is 11.8 Å². The molecule has 0 radical (unpaired) electrons. The first-order valence-electron chi connectivity index (χ1n) is 11.1. The second-order valence-corrected chi connectivity index (χ2v) is 8.47. The highest BCUT2D eigenvalue weighted by Crippen LogP contribution is 2.44. The van der Waals surface area contributed by atoms with Crippen molar-refractivity contribution in [3.05, 3.63) is 59.7 Å². The summed E-state index contributed by atoms with van der Waals surface area (Å²) in [5.41, 5.74) is 4.48. The molecule has 0 saturated heterocycles. The van der Waals surface area contributed by atoms with E-state index in [1.165, 1.54) is 0 Å². The summed E-state index contributed by atoms with van der Waals surface area (Å²) in [5.74, 6) is -2.58. The van der Waals surface area contributed by atoms with Crippen LogP contribution in [0.15, 0.2) is 48.5 Å². The number of fused-ring (bicyclic) bond motifs is 3. The van der Waals surface area contributed by atoms with E-state index in [4.69, 9.17) is 9.84 Å². The largest absolute Gasteiger partial charge is 0.480 e. The number of alkyl carbamates (subject to hydrolysis) is 1. The number of rotatable bonds is 10. The summed E-state index contributed by atoms with van der Waals surface area (Å²) in [6, 6.07) is 14.9. The Balaban J connectivity index is 1.58. The summed E-state index contributed by atoms with van der Waals surface area (Å²) in [7, 11) is 0. The Labute approximate surface area is 193 Å². The summed E-state index contributed by atoms with van der Waals surface area (Å²) in [6.45, 7) is 3.43. The number of aliphatic hydroxyl groups excluding tert-OH is 1. The van der Waals surface area contributed by atoms with Crippen LogP contribution in [0.3, 0.4) is 0 Å². The number of hydrogen-bond acceptors (Lipinski definition) is 5. The van der Waals surface area contributed by atoms with Gasteiger partial charge in [0.1, 0.15) is 12.6 Å². The van der Waals surface area contributed by atoms with Gasteiger partial charge >= 0.3 is 12.1 Å². The number of amides is 2. The molecular weight excluding hydrogens is 424 g/mol. The van der Waals surface area contributed by atoms with Crippen molar-refractivity contribution in [1.82, 2.24) is 10.6 Å². The van der Waals surface area contributed by atoms with E-state index in [-0.39, 0.29) is 38.0 Å². The van der Waals surface area contributed by atoms with Crippen LogP contribution in [0.5, 0.6) is 0 Å². The molecule has 0 bridgehead atoms. The molecule has 0 spiro atoms. The highest BCUT2D eigenvalue weighted by molar-refractivity contribution is 5.85. The van der Waals surface area contributed by atoms with Gasteiger partial charge in [-0.3, -0.25) is 4.79 Å². The quantitative estimate of drug-likeness (QED) is 0.438. The van der Waals surface area contributed by atoms with Gasteiger partial charge in [-0.1, -0.05) is 62.4 Å². The number of aliphatic hydroxyl groups is 1. The molecule has 2 aromatic carbocycles. The average Bonchev–Trinajstić information content (AvgIpc) is 3.11. The number of hydrogen-bond donors (Lipinski definition) is 4. The first-order chi connectivity index (χ1) is 15.8. The molecule has 0 saturated carbocycles. The molecule has 1 aliphatic carbocycles. The van der Waals surface area contributed by atoms with Gasteiger partial charge in [0.25, 0.3) is 0 Å². The molecule has 8 heteroatoms. The minimum atomic E-state index is -1.22. The second-order valence-electron chi connectivity index (χ2n) is 8.47. The maximum Gasteiger partial charge on any atom is 0.407 e. The standard InChI is InChI=1S/C25H30N2O6/c1-15(2)20(23(29)27-22(11-12-28)24(30)31)13-26-25(32)33-14-21-18-9-5-3-7-16(18)17-8-4-6-10-19(17)21/h3-10,15,20-22,28H,11-14H2,1-2H3,(H,26,32)(H,27,29)(H,30,31)/t20?,22-/m0/s1. The van der Waals surface area contributed by atoms with Crippen molar-refractivity contribution in [1.29, 1.82) is 0 Å². The summed E-state index contributed by atoms with van der Waals surface area (Å²) >= 11 is 0. The topological polar surface area (TPSA) is 125 Å². The zero-order valence-corrected chi connectivity index (χ0v) is 18.8. The van der Waals surface area contributed by atoms with Gasteiger partial charge in [-0.05, 0) is 28.2 Å². The Kier molecular flexibility index (Phi) is 8.06. The van der Waals surface area contributed by atoms with E-state index >= 15 is 0 Å². The molecule has 33 heavy (non-hydrogen) atoms. The molecule has 0 heterocycles. The molecule has 176 valence electrons. The number of ether oxygens (including phenoxy) is 1. The van der Waals surface area contributed by atoms with Crippen molar-refractivity contribution >= 4 is 18.0 Å². The predicted octanol–water partition coefficient (Wildman–Crippen LogP) is 2.75. The molecule has 1 unspecified atom stereocenters. The Morgan fingerprint density at radius 1 is 1.00 bits per heavy atom. The maximum atomic E-state index is 12.6. The van der Waals surface area contributed by atoms with Gasteiger partial charge < -0.3 is 25.6 Å². The fourth-order valence-electron chi connectivity index (χ4n) is 4.14. The fraction of sp³-hybridized carbons (Fsp3) is 0.400. The lowest BCUT2D eigenvalue weighted by atomic mass is 9.94. The molecule has 0 fully saturated rings. The number of carbonyl (C=O) groups excluding carboxylic acids is 2. The van der Waals surface area contributed by atoms with Crippen LogP contribution in [0, 0.1) is 11.8 Å². The zero-order valence-electron chi connectivity index (χ0n) is 18.8. The van der Waals surface area contributed by atoms with Crippen molar-refractivity contribution in [3.63, 3.8) is 0 Å². The molecule has 3 rings (SSSR count). The number of carboxylic acids is 1. The number of carboxylic acid groups (broad SMARTS) is 1. The normalized spacial score (nSPS) is 14.2. The molecular formula is C25H30N2O6. The lowest BCUT2D eigenvalue weighted by Gasteiger charge is -2.23. The molecule has 8 nitrogen and oxygen atoms in total. The van der Waals surface area contributed by atoms with Crippen molar-refractivity contribution in [2.75, 3.05) is 19.8 Å². The molecule has 2 amide bonds. The third kappa shape index (κ3) is 5.70. The number of carbonyl (C=O) groups is 3. The molecule has 2 atom stereocenters. The lowest BCUT2D eigenvalue weighted by Crippen LogP contribution is -2.48. The van der Waals surface area contributed by atoms with E-state index in [1.54, 1.807) is 0 Å². The average molecular weight is 455 g/mol. The Hall–Kier alpha value is -3.39. The molecule has 1 aliphatic rings. The monoisotopic (exact) mass is 454 g/mol. The number of aliphatic carboxylic acids is 1. The van der Waals surface area contributed by atoms with Crippen LogP contribution in [0.1, 0.15) is 37.3 Å². The van der Waals surface area contributed by atoms with Gasteiger partial charge in [0.2, 0.25) is 5.91 Å². The molecule has 0 aromatic heterocycles. The first kappa shape index (κ1) is 24.3. The lowest BCUT2D eigenvalue weighted by molar-refractivity contribution is -0.143. The number of benzene rings is 2. The van der Waals surface area contributed by atoms with Gasteiger partial charge in [0.05, 0.1) is 5.92 Å². The fourth-order valence-corrected chi connectivity index (χ4v) is 4.14. The SMILES string of the molecule is CC(C)C(CNC(=O)OCC1c2ccccc2-c2ccccc21)C(=O)N[C@@H](CCO)C(=O)O. The summed E-state index contributed by atoms with van der Waals surface area (Å²) in [6.07, 6.45) is -0.730. The summed E-state index contributed by atoms with van der Waals surface area (Å²) < 4.78 is 5.50. The summed E-state index contributed by atoms with van der Waals surface area (Å²) in [5, 5.41) is 23.3. The van der Waals surface area contributed by atoms with Crippen LogP contribution in [0.2, 0.25) is 0 Å². The van der Waals surface area contributed by atoms with E-state index < -0.39 is 29.9 Å². The van der Waals surface area contributed by atoms with Gasteiger partial charge in [-0.2, -0.15) is 0 Å². The third-order valence-electron chi connectivity index (χ3n) is 5.98. The summed E-state index contributed by atoms with van der Waals surface area (Å²) in [4.78, 5) is 36.2. The zero-order chi connectivity index (χ0) is 24.0. The van der Waals surface area contributed by atoms with Crippen molar-refractivity contribution in [3.8, 4) is 11.1 Å². The van der Waals surface area contributed by atoms with E-state index in [0.717, 1.165) is 22.3 Å². The molecule has 4 N–H and O–H groups in total. The van der Waals surface area contributed by atoms with Gasteiger partial charge in [-0.15, -0.1) is 0 Å². The van der Waals surface area contributed by atoms with Crippen molar-refractivity contribution < 1.29 is 29.3 Å².